The van der Waals surface area contributed by atoms with Crippen LogP contribution in [0.4, 0.5) is 0 Å². The van der Waals surface area contributed by atoms with Crippen LogP contribution >= 0.6 is 20.5 Å². The van der Waals surface area contributed by atoms with Crippen molar-refractivity contribution < 1.29 is 28.9 Å². The standard InChI is InChI=1S/C10H11N4O6PS/c15-6-4(1-19-21(17)18)20-10(7(6)16)14-3-13-5-8(14)11-2-12-9(5)22/h2-4,6-7,10,15-16H,1H2,(H-,11,12,17,18,22)/p+1/t4-,6+,7-,10-/m1/s1. The molecule has 2 aromatic heterocycles. The normalized spacial score (nSPS) is 29.1. The monoisotopic (exact) mass is 347 g/mol. The van der Waals surface area contributed by atoms with Crippen molar-refractivity contribution in [3.8, 4) is 0 Å². The summed E-state index contributed by atoms with van der Waals surface area (Å²) in [6.07, 6.45) is -1.65. The van der Waals surface area contributed by atoms with E-state index in [1.165, 1.54) is 17.2 Å². The second-order valence-electron chi connectivity index (χ2n) is 4.64. The van der Waals surface area contributed by atoms with Crippen LogP contribution < -0.4 is 0 Å². The van der Waals surface area contributed by atoms with Crippen LogP contribution in [0.1, 0.15) is 6.23 Å². The third-order valence-electron chi connectivity index (χ3n) is 3.34. The Morgan fingerprint density at radius 2 is 2.23 bits per heavy atom. The van der Waals surface area contributed by atoms with Crippen molar-refractivity contribution in [2.24, 2.45) is 0 Å². The molecule has 0 amide bonds. The molecule has 12 heteroatoms. The van der Waals surface area contributed by atoms with E-state index in [0.29, 0.717) is 11.2 Å². The van der Waals surface area contributed by atoms with Crippen LogP contribution in [0.25, 0.3) is 11.2 Å². The Labute approximate surface area is 129 Å². The molecule has 118 valence electrons. The summed E-state index contributed by atoms with van der Waals surface area (Å²) in [6.45, 7) is -0.329. The summed E-state index contributed by atoms with van der Waals surface area (Å²) in [4.78, 5) is 19.5. The minimum Gasteiger partial charge on any atom is -0.387 e. The highest BCUT2D eigenvalue weighted by atomic mass is 32.1. The Hall–Kier alpha value is -1.33. The molecule has 0 saturated carbocycles. The fourth-order valence-corrected chi connectivity index (χ4v) is 2.78. The second-order valence-corrected chi connectivity index (χ2v) is 5.76. The Morgan fingerprint density at radius 1 is 1.45 bits per heavy atom. The first-order valence-electron chi connectivity index (χ1n) is 6.20. The van der Waals surface area contributed by atoms with E-state index >= 15 is 0 Å². The maximum Gasteiger partial charge on any atom is 0.694 e. The Bertz CT molecular complexity index is 765. The molecular formula is C10H12N4O6PS+. The zero-order chi connectivity index (χ0) is 15.9. The van der Waals surface area contributed by atoms with Gasteiger partial charge in [-0.15, -0.1) is 9.42 Å². The number of rotatable bonds is 4. The quantitative estimate of drug-likeness (QED) is 0.436. The molecule has 1 aliphatic heterocycles. The van der Waals surface area contributed by atoms with Crippen molar-refractivity contribution in [2.45, 2.75) is 24.5 Å². The summed E-state index contributed by atoms with van der Waals surface area (Å²) in [5.41, 5.74) is 0.909. The molecule has 1 unspecified atom stereocenters. The fraction of sp³-hybridized carbons (Fsp3) is 0.500. The molecule has 3 rings (SSSR count). The van der Waals surface area contributed by atoms with Crippen LogP contribution in [0, 0.1) is 4.64 Å². The number of ether oxygens (including phenoxy) is 1. The van der Waals surface area contributed by atoms with Gasteiger partial charge in [-0.05, 0) is 0 Å². The van der Waals surface area contributed by atoms with E-state index in [1.807, 2.05) is 0 Å². The average Bonchev–Trinajstić information content (AvgIpc) is 3.01. The highest BCUT2D eigenvalue weighted by molar-refractivity contribution is 7.71. The number of nitrogens with one attached hydrogen (secondary N) is 1. The molecule has 0 spiro atoms. The van der Waals surface area contributed by atoms with Gasteiger partial charge in [0.05, 0.1) is 12.7 Å². The highest BCUT2D eigenvalue weighted by Gasteiger charge is 2.45. The van der Waals surface area contributed by atoms with E-state index in [1.54, 1.807) is 0 Å². The summed E-state index contributed by atoms with van der Waals surface area (Å²) in [5.74, 6) is 0. The molecule has 5 atom stereocenters. The maximum absolute atomic E-state index is 10.6. The van der Waals surface area contributed by atoms with Gasteiger partial charge in [0.2, 0.25) is 0 Å². The number of nitrogens with zero attached hydrogens (tertiary/aromatic N) is 3. The number of hydrogen-bond donors (Lipinski definition) is 4. The van der Waals surface area contributed by atoms with Gasteiger partial charge in [-0.1, -0.05) is 12.2 Å². The Kier molecular flexibility index (Phi) is 4.28. The number of hydrogen-bond acceptors (Lipinski definition) is 8. The molecule has 1 aliphatic rings. The van der Waals surface area contributed by atoms with Gasteiger partial charge in [-0.3, -0.25) is 4.57 Å². The topological polar surface area (TPSA) is 143 Å². The van der Waals surface area contributed by atoms with Gasteiger partial charge in [0.25, 0.3) is 0 Å². The molecule has 3 heterocycles. The van der Waals surface area contributed by atoms with E-state index in [9.17, 15) is 14.8 Å². The molecule has 0 radical (unpaired) electrons. The lowest BCUT2D eigenvalue weighted by Crippen LogP contribution is -2.33. The van der Waals surface area contributed by atoms with Crippen LogP contribution in [-0.4, -0.2) is 59.5 Å². The summed E-state index contributed by atoms with van der Waals surface area (Å²) >= 11 is 5.05. The molecule has 1 fully saturated rings. The molecule has 1 saturated heterocycles. The predicted molar refractivity (Wildman–Crippen MR) is 74.4 cm³/mol. The summed E-state index contributed by atoms with van der Waals surface area (Å²) in [6, 6.07) is 0. The number of aliphatic hydroxyl groups excluding tert-OH is 2. The van der Waals surface area contributed by atoms with Crippen molar-refractivity contribution in [2.75, 3.05) is 6.61 Å². The van der Waals surface area contributed by atoms with Crippen LogP contribution in [0.3, 0.4) is 0 Å². The number of fused-ring (bicyclic) bond motifs is 1. The van der Waals surface area contributed by atoms with E-state index in [-0.39, 0.29) is 11.2 Å². The zero-order valence-electron chi connectivity index (χ0n) is 10.9. The van der Waals surface area contributed by atoms with Crippen molar-refractivity contribution in [1.29, 1.82) is 0 Å². The second kappa shape index (κ2) is 6.05. The smallest absolute Gasteiger partial charge is 0.387 e. The molecule has 4 N–H and O–H groups in total. The van der Waals surface area contributed by atoms with E-state index in [0.717, 1.165) is 0 Å². The minimum absolute atomic E-state index is 0.290. The lowest BCUT2D eigenvalue weighted by molar-refractivity contribution is -0.0476. The molecule has 10 nitrogen and oxygen atoms in total. The number of imidazole rings is 1. The molecule has 2 aromatic rings. The van der Waals surface area contributed by atoms with E-state index in [4.69, 9.17) is 21.8 Å². The highest BCUT2D eigenvalue weighted by Crippen LogP contribution is 2.32. The van der Waals surface area contributed by atoms with Gasteiger partial charge in [0.1, 0.15) is 36.1 Å². The largest absolute Gasteiger partial charge is 0.694 e. The third kappa shape index (κ3) is 2.68. The van der Waals surface area contributed by atoms with Gasteiger partial charge in [0, 0.05) is 4.57 Å². The maximum atomic E-state index is 10.6. The summed E-state index contributed by atoms with van der Waals surface area (Å²) in [7, 11) is -2.81. The van der Waals surface area contributed by atoms with Gasteiger partial charge in [-0.25, -0.2) is 9.97 Å². The first kappa shape index (κ1) is 15.6. The molecule has 22 heavy (non-hydrogen) atoms. The van der Waals surface area contributed by atoms with E-state index < -0.39 is 32.8 Å². The van der Waals surface area contributed by atoms with Gasteiger partial charge < -0.3 is 19.9 Å². The fourth-order valence-electron chi connectivity index (χ4n) is 2.30. The number of aliphatic hydroxyl groups is 2. The molecule has 0 bridgehead atoms. The van der Waals surface area contributed by atoms with E-state index in [2.05, 4.69) is 19.5 Å². The third-order valence-corrected chi connectivity index (χ3v) is 4.01. The van der Waals surface area contributed by atoms with Gasteiger partial charge in [-0.2, -0.15) is 0 Å². The average molecular weight is 347 g/mol. The molecule has 0 aliphatic carbocycles. The predicted octanol–water partition coefficient (Wildman–Crippen LogP) is -0.226. The van der Waals surface area contributed by atoms with Crippen LogP contribution in [-0.2, 0) is 13.8 Å². The van der Waals surface area contributed by atoms with Crippen LogP contribution in [0.2, 0.25) is 0 Å². The van der Waals surface area contributed by atoms with Gasteiger partial charge in [0.15, 0.2) is 10.9 Å². The summed E-state index contributed by atoms with van der Waals surface area (Å²) in [5, 5.41) is 20.1. The number of aromatic nitrogens is 4. The van der Waals surface area contributed by atoms with Crippen molar-refractivity contribution in [3.05, 3.63) is 17.3 Å². The minimum atomic E-state index is -2.81. The first-order valence-corrected chi connectivity index (χ1v) is 7.73. The molecular weight excluding hydrogens is 335 g/mol. The van der Waals surface area contributed by atoms with Crippen LogP contribution in [0.5, 0.6) is 0 Å². The molecule has 0 aromatic carbocycles. The van der Waals surface area contributed by atoms with Crippen LogP contribution in [0.15, 0.2) is 12.7 Å². The zero-order valence-corrected chi connectivity index (χ0v) is 12.6. The SMILES string of the molecule is O=[P+](O)OC[C@H]1O[C@@H](n2cnc3c(=S)nc[nH]c32)[C@H](O)[C@H]1O. The summed E-state index contributed by atoms with van der Waals surface area (Å²) < 4.78 is 22.4. The van der Waals surface area contributed by atoms with Crippen molar-refractivity contribution in [3.63, 3.8) is 0 Å². The number of H-pyrrole nitrogens is 1. The Balaban J connectivity index is 1.89. The van der Waals surface area contributed by atoms with Gasteiger partial charge >= 0.3 is 8.25 Å². The van der Waals surface area contributed by atoms with Crippen molar-refractivity contribution in [1.82, 2.24) is 19.5 Å². The van der Waals surface area contributed by atoms with Crippen molar-refractivity contribution >= 4 is 31.6 Å². The number of aromatic amines is 1. The first-order chi connectivity index (χ1) is 10.5. The Morgan fingerprint density at radius 3 is 2.95 bits per heavy atom. The lowest BCUT2D eigenvalue weighted by Gasteiger charge is -2.16. The lowest BCUT2D eigenvalue weighted by atomic mass is 10.1.